The van der Waals surface area contributed by atoms with Crippen molar-refractivity contribution in [1.29, 1.82) is 0 Å². The SMILES string of the molecule is O=C1NC(c2ccc(N3CCOCC3)cc2)(c2ccsc2)CC(OC(=O)c2ccncc2)=C1Sc1ccc(Cl)cc1Cl. The number of carbonyl (C=O) groups excluding carboxylic acids is 2. The number of rotatable bonds is 7. The molecule has 2 aliphatic heterocycles. The molecule has 1 N–H and O–H groups in total. The molecule has 1 amide bonds. The van der Waals surface area contributed by atoms with Crippen molar-refractivity contribution in [3.05, 3.63) is 121 Å². The maximum absolute atomic E-state index is 14.0. The van der Waals surface area contributed by atoms with E-state index in [0.29, 0.717) is 33.7 Å². The van der Waals surface area contributed by atoms with Crippen LogP contribution in [0.25, 0.3) is 0 Å². The fraction of sp³-hybridized carbons (Fsp3) is 0.194. The van der Waals surface area contributed by atoms with E-state index in [9.17, 15) is 9.59 Å². The number of morpholine rings is 1. The zero-order valence-electron chi connectivity index (χ0n) is 22.2. The minimum atomic E-state index is -0.970. The average Bonchev–Trinajstić information content (AvgIpc) is 3.57. The van der Waals surface area contributed by atoms with Gasteiger partial charge in [-0.3, -0.25) is 9.78 Å². The molecular formula is C31H25Cl2N3O4S2. The van der Waals surface area contributed by atoms with Crippen LogP contribution >= 0.6 is 46.3 Å². The van der Waals surface area contributed by atoms with Gasteiger partial charge in [-0.2, -0.15) is 11.3 Å². The minimum Gasteiger partial charge on any atom is -0.426 e. The van der Waals surface area contributed by atoms with Gasteiger partial charge in [0.25, 0.3) is 5.91 Å². The quantitative estimate of drug-likeness (QED) is 0.221. The Hall–Kier alpha value is -3.34. The van der Waals surface area contributed by atoms with E-state index in [2.05, 4.69) is 27.3 Å². The Morgan fingerprint density at radius 3 is 2.48 bits per heavy atom. The Bertz CT molecular complexity index is 1630. The van der Waals surface area contributed by atoms with Gasteiger partial charge < -0.3 is 19.7 Å². The molecule has 4 aromatic rings. The summed E-state index contributed by atoms with van der Waals surface area (Å²) in [4.78, 5) is 34.4. The number of nitrogens with zero attached hydrogens (tertiary/aromatic N) is 2. The molecule has 214 valence electrons. The topological polar surface area (TPSA) is 80.8 Å². The first-order chi connectivity index (χ1) is 20.4. The predicted molar refractivity (Wildman–Crippen MR) is 166 cm³/mol. The number of carbonyl (C=O) groups is 2. The number of halogens is 2. The lowest BCUT2D eigenvalue weighted by Crippen LogP contribution is -2.50. The number of amides is 1. The van der Waals surface area contributed by atoms with Crippen LogP contribution in [-0.4, -0.2) is 43.2 Å². The summed E-state index contributed by atoms with van der Waals surface area (Å²) >= 11 is 15.3. The number of thioether (sulfide) groups is 1. The smallest absolute Gasteiger partial charge is 0.343 e. The molecule has 0 saturated carbocycles. The van der Waals surface area contributed by atoms with Gasteiger partial charge in [-0.05, 0) is 70.4 Å². The second-order valence-electron chi connectivity index (χ2n) is 9.75. The van der Waals surface area contributed by atoms with Crippen molar-refractivity contribution in [3.63, 3.8) is 0 Å². The first-order valence-electron chi connectivity index (χ1n) is 13.2. The third kappa shape index (κ3) is 5.93. The van der Waals surface area contributed by atoms with E-state index in [1.165, 1.54) is 23.7 Å². The van der Waals surface area contributed by atoms with Crippen molar-refractivity contribution in [2.24, 2.45) is 0 Å². The van der Waals surface area contributed by atoms with Crippen molar-refractivity contribution in [3.8, 4) is 0 Å². The number of pyridine rings is 1. The number of ether oxygens (including phenoxy) is 2. The van der Waals surface area contributed by atoms with Gasteiger partial charge in [-0.25, -0.2) is 4.79 Å². The Kier molecular flexibility index (Phi) is 8.55. The van der Waals surface area contributed by atoms with Crippen LogP contribution in [0.15, 0.2) is 99.4 Å². The van der Waals surface area contributed by atoms with Gasteiger partial charge >= 0.3 is 5.97 Å². The molecule has 7 nitrogen and oxygen atoms in total. The Morgan fingerprint density at radius 2 is 1.79 bits per heavy atom. The first-order valence-corrected chi connectivity index (χ1v) is 15.7. The van der Waals surface area contributed by atoms with Gasteiger partial charge in [0.05, 0.1) is 29.3 Å². The molecule has 0 radical (unpaired) electrons. The number of anilines is 1. The highest BCUT2D eigenvalue weighted by molar-refractivity contribution is 8.04. The van der Waals surface area contributed by atoms with Crippen molar-refractivity contribution in [2.75, 3.05) is 31.2 Å². The van der Waals surface area contributed by atoms with Crippen LogP contribution in [0.5, 0.6) is 0 Å². The van der Waals surface area contributed by atoms with E-state index in [0.717, 1.165) is 41.7 Å². The molecule has 6 rings (SSSR count). The highest BCUT2D eigenvalue weighted by Gasteiger charge is 2.44. The molecule has 0 bridgehead atoms. The van der Waals surface area contributed by atoms with E-state index < -0.39 is 11.5 Å². The lowest BCUT2D eigenvalue weighted by Gasteiger charge is -2.40. The first kappa shape index (κ1) is 28.8. The monoisotopic (exact) mass is 637 g/mol. The summed E-state index contributed by atoms with van der Waals surface area (Å²) in [5.74, 6) is -0.706. The lowest BCUT2D eigenvalue weighted by atomic mass is 9.79. The number of nitrogens with one attached hydrogen (secondary N) is 1. The summed E-state index contributed by atoms with van der Waals surface area (Å²) in [6, 6.07) is 18.4. The fourth-order valence-corrected chi connectivity index (χ4v) is 7.19. The lowest BCUT2D eigenvalue weighted by molar-refractivity contribution is -0.119. The van der Waals surface area contributed by atoms with Crippen LogP contribution in [0, 0.1) is 0 Å². The molecule has 2 aromatic heterocycles. The summed E-state index contributed by atoms with van der Waals surface area (Å²) in [7, 11) is 0. The summed E-state index contributed by atoms with van der Waals surface area (Å²) in [6.45, 7) is 3.01. The number of hydrogen-bond acceptors (Lipinski definition) is 8. The van der Waals surface area contributed by atoms with Crippen LogP contribution < -0.4 is 10.2 Å². The number of hydrogen-bond donors (Lipinski definition) is 1. The molecule has 0 spiro atoms. The summed E-state index contributed by atoms with van der Waals surface area (Å²) in [5.41, 5.74) is 2.21. The number of aromatic nitrogens is 1. The number of thiophene rings is 1. The molecule has 1 saturated heterocycles. The van der Waals surface area contributed by atoms with Crippen molar-refractivity contribution >= 4 is 63.9 Å². The van der Waals surface area contributed by atoms with Gasteiger partial charge in [0, 0.05) is 47.5 Å². The highest BCUT2D eigenvalue weighted by atomic mass is 35.5. The predicted octanol–water partition coefficient (Wildman–Crippen LogP) is 6.91. The van der Waals surface area contributed by atoms with Crippen molar-refractivity contribution in [2.45, 2.75) is 16.9 Å². The maximum atomic E-state index is 14.0. The van der Waals surface area contributed by atoms with Crippen LogP contribution in [0.2, 0.25) is 10.0 Å². The van der Waals surface area contributed by atoms with Crippen LogP contribution in [-0.2, 0) is 19.8 Å². The van der Waals surface area contributed by atoms with Gasteiger partial charge in [0.1, 0.15) is 10.7 Å². The molecule has 0 aliphatic carbocycles. The normalized spacial score (nSPS) is 19.0. The number of esters is 1. The highest BCUT2D eigenvalue weighted by Crippen LogP contribution is 2.46. The zero-order chi connectivity index (χ0) is 29.1. The summed E-state index contributed by atoms with van der Waals surface area (Å²) in [6.07, 6.45) is 3.25. The second kappa shape index (κ2) is 12.5. The molecule has 42 heavy (non-hydrogen) atoms. The Balaban J connectivity index is 1.42. The largest absolute Gasteiger partial charge is 0.426 e. The zero-order valence-corrected chi connectivity index (χ0v) is 25.4. The average molecular weight is 639 g/mol. The van der Waals surface area contributed by atoms with Crippen LogP contribution in [0.1, 0.15) is 27.9 Å². The third-order valence-corrected chi connectivity index (χ3v) is 9.74. The van der Waals surface area contributed by atoms with E-state index in [1.807, 2.05) is 29.0 Å². The Morgan fingerprint density at radius 1 is 1.02 bits per heavy atom. The molecule has 11 heteroatoms. The number of benzene rings is 2. The van der Waals surface area contributed by atoms with Crippen molar-refractivity contribution < 1.29 is 19.1 Å². The van der Waals surface area contributed by atoms with E-state index in [4.69, 9.17) is 32.7 Å². The van der Waals surface area contributed by atoms with E-state index in [1.54, 1.807) is 30.3 Å². The molecule has 1 fully saturated rings. The fourth-order valence-electron chi connectivity index (χ4n) is 5.06. The van der Waals surface area contributed by atoms with Crippen LogP contribution in [0.3, 0.4) is 0 Å². The summed E-state index contributed by atoms with van der Waals surface area (Å²) < 4.78 is 11.5. The molecular weight excluding hydrogens is 613 g/mol. The molecule has 1 atom stereocenters. The van der Waals surface area contributed by atoms with Gasteiger partial charge in [-0.15, -0.1) is 0 Å². The van der Waals surface area contributed by atoms with Gasteiger partial charge in [-0.1, -0.05) is 47.1 Å². The Labute approximate surface area is 261 Å². The van der Waals surface area contributed by atoms with E-state index in [-0.39, 0.29) is 23.0 Å². The summed E-state index contributed by atoms with van der Waals surface area (Å²) in [5, 5.41) is 8.12. The molecule has 4 heterocycles. The second-order valence-corrected chi connectivity index (χ2v) is 12.4. The molecule has 1 unspecified atom stereocenters. The minimum absolute atomic E-state index is 0.205. The van der Waals surface area contributed by atoms with Crippen LogP contribution in [0.4, 0.5) is 5.69 Å². The van der Waals surface area contributed by atoms with E-state index >= 15 is 0 Å². The standard InChI is InChI=1S/C31H25Cl2N3O4S2/c32-23-3-6-27(25(33)17-23)42-28-26(40-30(38)20-7-10-34-11-8-20)18-31(35-29(28)37,22-9-16-41-19-22)21-1-4-24(5-2-21)36-12-14-39-15-13-36/h1-11,16-17,19H,12-15,18H2,(H,35,37). The van der Waals surface area contributed by atoms with Gasteiger partial charge in [0.2, 0.25) is 0 Å². The van der Waals surface area contributed by atoms with Gasteiger partial charge in [0.15, 0.2) is 0 Å². The maximum Gasteiger partial charge on any atom is 0.343 e. The van der Waals surface area contributed by atoms with Crippen molar-refractivity contribution in [1.82, 2.24) is 10.3 Å². The molecule has 2 aliphatic rings. The third-order valence-electron chi connectivity index (χ3n) is 7.20. The molecule has 2 aromatic carbocycles.